The second-order valence-corrected chi connectivity index (χ2v) is 9.64. The molecule has 0 atom stereocenters. The fourth-order valence-corrected chi connectivity index (χ4v) is 4.69. The lowest BCUT2D eigenvalue weighted by Crippen LogP contribution is -2.29. The molecule has 0 bridgehead atoms. The second-order valence-electron chi connectivity index (χ2n) is 9.27. The van der Waals surface area contributed by atoms with Crippen molar-refractivity contribution in [3.05, 3.63) is 83.3 Å². The number of H-pyrrole nitrogens is 1. The minimum atomic E-state index is -0.502. The van der Waals surface area contributed by atoms with E-state index in [4.69, 9.17) is 22.3 Å². The predicted molar refractivity (Wildman–Crippen MR) is 157 cm³/mol. The summed E-state index contributed by atoms with van der Waals surface area (Å²) >= 11 is 6.48. The Kier molecular flexibility index (Phi) is 8.48. The maximum Gasteiger partial charge on any atom is 0.248 e. The van der Waals surface area contributed by atoms with Gasteiger partial charge in [-0.2, -0.15) is 5.10 Å². The topological polar surface area (TPSA) is 151 Å². The van der Waals surface area contributed by atoms with Crippen LogP contribution in [0.3, 0.4) is 0 Å². The van der Waals surface area contributed by atoms with Gasteiger partial charge in [-0.1, -0.05) is 48.0 Å². The molecule has 0 fully saturated rings. The van der Waals surface area contributed by atoms with Gasteiger partial charge >= 0.3 is 0 Å². The summed E-state index contributed by atoms with van der Waals surface area (Å²) in [6.45, 7) is 2.12. The Morgan fingerprint density at radius 2 is 1.82 bits per heavy atom. The van der Waals surface area contributed by atoms with E-state index < -0.39 is 5.91 Å². The Hall–Kier alpha value is -4.54. The van der Waals surface area contributed by atoms with Gasteiger partial charge in [0.1, 0.15) is 11.5 Å². The number of aromatic nitrogens is 4. The maximum absolute atomic E-state index is 12.3. The Labute approximate surface area is 235 Å². The van der Waals surface area contributed by atoms with Crippen LogP contribution < -0.4 is 21.7 Å². The summed E-state index contributed by atoms with van der Waals surface area (Å²) < 4.78 is 0. The number of aromatic amines is 1. The van der Waals surface area contributed by atoms with E-state index in [1.165, 1.54) is 0 Å². The zero-order chi connectivity index (χ0) is 27.9. The van der Waals surface area contributed by atoms with Gasteiger partial charge < -0.3 is 21.7 Å². The molecule has 6 N–H and O–H groups in total. The van der Waals surface area contributed by atoms with Crippen LogP contribution in [0.25, 0.3) is 32.9 Å². The Balaban J connectivity index is 1.06. The van der Waals surface area contributed by atoms with Gasteiger partial charge in [0.25, 0.3) is 0 Å². The molecular weight excluding hydrogens is 528 g/mol. The van der Waals surface area contributed by atoms with Gasteiger partial charge in [-0.3, -0.25) is 19.7 Å². The number of hydrogen-bond donors (Lipinski definition) is 5. The fraction of sp³-hybridized carbons (Fsp3) is 0.207. The molecule has 40 heavy (non-hydrogen) atoms. The van der Waals surface area contributed by atoms with Crippen LogP contribution in [0.5, 0.6) is 0 Å². The van der Waals surface area contributed by atoms with Crippen molar-refractivity contribution in [3.63, 3.8) is 0 Å². The summed E-state index contributed by atoms with van der Waals surface area (Å²) in [7, 11) is 0. The molecule has 3 aromatic heterocycles. The van der Waals surface area contributed by atoms with Crippen LogP contribution in [0.4, 0.5) is 5.82 Å². The van der Waals surface area contributed by atoms with E-state index in [0.717, 1.165) is 27.4 Å². The number of nitrogens with one attached hydrogen (secondary N) is 4. The molecule has 0 aliphatic rings. The van der Waals surface area contributed by atoms with E-state index in [0.29, 0.717) is 66.6 Å². The number of carbonyl (C=O) groups is 2. The van der Waals surface area contributed by atoms with Gasteiger partial charge in [0, 0.05) is 72.3 Å². The molecule has 5 rings (SSSR count). The van der Waals surface area contributed by atoms with Crippen LogP contribution in [0.1, 0.15) is 28.9 Å². The van der Waals surface area contributed by atoms with Crippen LogP contribution in [0.2, 0.25) is 5.02 Å². The van der Waals surface area contributed by atoms with Crippen LogP contribution in [-0.4, -0.2) is 51.6 Å². The van der Waals surface area contributed by atoms with Gasteiger partial charge in [-0.15, -0.1) is 0 Å². The lowest BCUT2D eigenvalue weighted by atomic mass is 10.1. The first-order valence-corrected chi connectivity index (χ1v) is 13.4. The SMILES string of the molecule is NC(=O)c1ccc2c(c1)nc(NCCCNC(=O)CCNCc1[nH]nc(-c3ccccc3)c1Cl)c1ccncc12. The predicted octanol–water partition coefficient (Wildman–Crippen LogP) is 4.02. The highest BCUT2D eigenvalue weighted by atomic mass is 35.5. The van der Waals surface area contributed by atoms with Crippen LogP contribution in [0, 0.1) is 0 Å². The number of nitrogens with two attached hydrogens (primary N) is 1. The highest BCUT2D eigenvalue weighted by Gasteiger charge is 2.13. The highest BCUT2D eigenvalue weighted by Crippen LogP contribution is 2.29. The lowest BCUT2D eigenvalue weighted by Gasteiger charge is -2.12. The molecule has 0 radical (unpaired) electrons. The van der Waals surface area contributed by atoms with Crippen molar-refractivity contribution in [2.24, 2.45) is 5.73 Å². The number of anilines is 1. The van der Waals surface area contributed by atoms with Crippen molar-refractivity contribution in [2.75, 3.05) is 25.0 Å². The summed E-state index contributed by atoms with van der Waals surface area (Å²) in [5.74, 6) is 0.153. The molecule has 0 aliphatic carbocycles. The van der Waals surface area contributed by atoms with Crippen molar-refractivity contribution < 1.29 is 9.59 Å². The molecule has 0 spiro atoms. The number of hydrogen-bond acceptors (Lipinski definition) is 7. The largest absolute Gasteiger partial charge is 0.369 e. The Bertz CT molecular complexity index is 1650. The van der Waals surface area contributed by atoms with Crippen molar-refractivity contribution in [1.29, 1.82) is 0 Å². The third-order valence-corrected chi connectivity index (χ3v) is 6.91. The Morgan fingerprint density at radius 1 is 0.975 bits per heavy atom. The molecule has 204 valence electrons. The van der Waals surface area contributed by atoms with E-state index in [2.05, 4.69) is 31.1 Å². The number of carbonyl (C=O) groups excluding carboxylic acids is 2. The third kappa shape index (κ3) is 6.19. The van der Waals surface area contributed by atoms with E-state index >= 15 is 0 Å². The molecule has 10 nitrogen and oxygen atoms in total. The quantitative estimate of drug-likeness (QED) is 0.115. The van der Waals surface area contributed by atoms with Crippen LogP contribution >= 0.6 is 11.6 Å². The summed E-state index contributed by atoms with van der Waals surface area (Å²) in [5, 5.41) is 20.1. The molecule has 0 saturated carbocycles. The van der Waals surface area contributed by atoms with Gasteiger partial charge in [-0.25, -0.2) is 4.98 Å². The monoisotopic (exact) mass is 556 g/mol. The van der Waals surface area contributed by atoms with E-state index in [9.17, 15) is 9.59 Å². The first kappa shape index (κ1) is 27.0. The van der Waals surface area contributed by atoms with Crippen LogP contribution in [0.15, 0.2) is 67.0 Å². The molecule has 2 amide bonds. The van der Waals surface area contributed by atoms with Crippen molar-refractivity contribution >= 4 is 50.9 Å². The second kappa shape index (κ2) is 12.5. The molecule has 2 aromatic carbocycles. The first-order chi connectivity index (χ1) is 19.5. The first-order valence-electron chi connectivity index (χ1n) is 13.0. The minimum absolute atomic E-state index is 0.0347. The summed E-state index contributed by atoms with van der Waals surface area (Å²) in [5.41, 5.74) is 8.94. The molecule has 11 heteroatoms. The highest BCUT2D eigenvalue weighted by molar-refractivity contribution is 6.33. The minimum Gasteiger partial charge on any atom is -0.369 e. The summed E-state index contributed by atoms with van der Waals surface area (Å²) in [4.78, 5) is 32.9. The number of benzene rings is 2. The number of primary amides is 1. The smallest absolute Gasteiger partial charge is 0.248 e. The summed E-state index contributed by atoms with van der Waals surface area (Å²) in [6, 6.07) is 16.9. The Morgan fingerprint density at radius 3 is 2.65 bits per heavy atom. The van der Waals surface area contributed by atoms with Crippen molar-refractivity contribution in [3.8, 4) is 11.3 Å². The van der Waals surface area contributed by atoms with E-state index in [1.54, 1.807) is 24.5 Å². The van der Waals surface area contributed by atoms with E-state index in [1.807, 2.05) is 42.5 Å². The fourth-order valence-electron chi connectivity index (χ4n) is 4.43. The molecule has 3 heterocycles. The normalized spacial score (nSPS) is 11.1. The third-order valence-electron chi connectivity index (χ3n) is 6.50. The van der Waals surface area contributed by atoms with Gasteiger partial charge in [0.05, 0.1) is 16.2 Å². The number of rotatable bonds is 12. The molecule has 0 unspecified atom stereocenters. The number of nitrogens with zero attached hydrogens (tertiary/aromatic N) is 3. The zero-order valence-corrected chi connectivity index (χ0v) is 22.5. The number of pyridine rings is 2. The average molecular weight is 557 g/mol. The van der Waals surface area contributed by atoms with Crippen molar-refractivity contribution in [2.45, 2.75) is 19.4 Å². The van der Waals surface area contributed by atoms with Gasteiger partial charge in [-0.05, 0) is 24.6 Å². The average Bonchev–Trinajstić information content (AvgIpc) is 3.35. The number of halogens is 1. The van der Waals surface area contributed by atoms with Gasteiger partial charge in [0.2, 0.25) is 11.8 Å². The maximum atomic E-state index is 12.3. The number of fused-ring (bicyclic) bond motifs is 3. The molecule has 0 saturated heterocycles. The van der Waals surface area contributed by atoms with Crippen molar-refractivity contribution in [1.82, 2.24) is 30.8 Å². The molecule has 5 aromatic rings. The van der Waals surface area contributed by atoms with E-state index in [-0.39, 0.29) is 5.91 Å². The zero-order valence-electron chi connectivity index (χ0n) is 21.7. The standard InChI is InChI=1S/C29H29ClN8O2/c30-26-24(37-38-27(26)18-5-2-1-3-6-18)17-33-14-10-25(39)34-11-4-12-35-29-21-9-13-32-16-22(21)20-8-7-19(28(31)40)15-23(20)36-29/h1-3,5-9,13,15-16,33H,4,10-12,14,17H2,(H2,31,40)(H,34,39)(H,35,36)(H,37,38). The number of amides is 2. The molecule has 0 aliphatic heterocycles. The molecular formula is C29H29ClN8O2. The van der Waals surface area contributed by atoms with Crippen LogP contribution in [-0.2, 0) is 11.3 Å². The lowest BCUT2D eigenvalue weighted by molar-refractivity contribution is -0.121. The summed E-state index contributed by atoms with van der Waals surface area (Å²) in [6.07, 6.45) is 4.55. The van der Waals surface area contributed by atoms with Gasteiger partial charge in [0.15, 0.2) is 0 Å².